The fourth-order valence-corrected chi connectivity index (χ4v) is 4.06. The first-order valence-corrected chi connectivity index (χ1v) is 9.52. The van der Waals surface area contributed by atoms with E-state index in [1.807, 2.05) is 36.1 Å². The Morgan fingerprint density at radius 3 is 2.89 bits per heavy atom. The maximum Gasteiger partial charge on any atom is 0.237 e. The highest BCUT2D eigenvalue weighted by molar-refractivity contribution is 7.99. The number of para-hydroxylation sites is 1. The molecule has 0 saturated heterocycles. The molecule has 2 heterocycles. The highest BCUT2D eigenvalue weighted by Gasteiger charge is 2.30. The van der Waals surface area contributed by atoms with Gasteiger partial charge in [-0.3, -0.25) is 4.79 Å². The molecule has 0 radical (unpaired) electrons. The molecule has 8 heteroatoms. The highest BCUT2D eigenvalue weighted by Crippen LogP contribution is 2.32. The van der Waals surface area contributed by atoms with E-state index in [-0.39, 0.29) is 23.5 Å². The van der Waals surface area contributed by atoms with Crippen LogP contribution in [-0.4, -0.2) is 32.6 Å². The number of fused-ring (bicyclic) bond motifs is 1. The van der Waals surface area contributed by atoms with Crippen LogP contribution in [0, 0.1) is 5.82 Å². The smallest absolute Gasteiger partial charge is 0.237 e. The van der Waals surface area contributed by atoms with E-state index in [2.05, 4.69) is 10.2 Å². The van der Waals surface area contributed by atoms with Gasteiger partial charge in [-0.15, -0.1) is 10.2 Å². The van der Waals surface area contributed by atoms with E-state index in [0.29, 0.717) is 16.5 Å². The average molecular weight is 383 g/mol. The maximum atomic E-state index is 13.4. The van der Waals surface area contributed by atoms with Crippen molar-refractivity contribution in [3.05, 3.63) is 59.9 Å². The third-order valence-corrected chi connectivity index (χ3v) is 5.48. The van der Waals surface area contributed by atoms with Crippen molar-refractivity contribution in [2.24, 2.45) is 0 Å². The lowest BCUT2D eigenvalue weighted by molar-refractivity contribution is -0.116. The summed E-state index contributed by atoms with van der Waals surface area (Å²) < 4.78 is 14.7. The minimum Gasteiger partial charge on any atom is -0.335 e. The summed E-state index contributed by atoms with van der Waals surface area (Å²) in [4.78, 5) is 14.6. The van der Waals surface area contributed by atoms with Crippen LogP contribution in [0.15, 0.2) is 53.7 Å². The van der Waals surface area contributed by atoms with E-state index in [1.165, 1.54) is 34.1 Å². The maximum absolute atomic E-state index is 13.4. The molecular formula is C19H18FN5OS. The van der Waals surface area contributed by atoms with Crippen LogP contribution >= 0.6 is 11.8 Å². The molecule has 0 spiro atoms. The van der Waals surface area contributed by atoms with E-state index >= 15 is 0 Å². The van der Waals surface area contributed by atoms with Crippen LogP contribution in [0.5, 0.6) is 0 Å². The molecule has 2 aromatic carbocycles. The molecule has 1 aliphatic rings. The number of nitrogens with two attached hydrogens (primary N) is 1. The number of carbonyl (C=O) groups excluding carboxylic acids is 1. The third kappa shape index (κ3) is 3.28. The van der Waals surface area contributed by atoms with Crippen molar-refractivity contribution < 1.29 is 9.18 Å². The zero-order chi connectivity index (χ0) is 19.0. The summed E-state index contributed by atoms with van der Waals surface area (Å²) in [5.74, 6) is 6.22. The SMILES string of the molecule is C[C@@H]1Cc2ccccc2N1C(=O)CSc1nnc(-c2cccc(F)c2)n1N. The predicted octanol–water partition coefficient (Wildman–Crippen LogP) is 2.87. The van der Waals surface area contributed by atoms with Crippen molar-refractivity contribution in [1.29, 1.82) is 0 Å². The number of rotatable bonds is 4. The molecule has 1 atom stereocenters. The second-order valence-corrected chi connectivity index (χ2v) is 7.36. The number of anilines is 1. The summed E-state index contributed by atoms with van der Waals surface area (Å²) in [5, 5.41) is 8.48. The molecule has 0 bridgehead atoms. The van der Waals surface area contributed by atoms with Gasteiger partial charge in [0.2, 0.25) is 11.1 Å². The molecule has 0 saturated carbocycles. The van der Waals surface area contributed by atoms with Crippen molar-refractivity contribution >= 4 is 23.4 Å². The number of benzene rings is 2. The van der Waals surface area contributed by atoms with Crippen molar-refractivity contribution in [2.45, 2.75) is 24.5 Å². The minimum atomic E-state index is -0.374. The fraction of sp³-hybridized carbons (Fsp3) is 0.211. The molecule has 2 N–H and O–H groups in total. The quantitative estimate of drug-likeness (QED) is 0.554. The number of hydrogen-bond donors (Lipinski definition) is 1. The predicted molar refractivity (Wildman–Crippen MR) is 103 cm³/mol. The molecule has 4 rings (SSSR count). The monoisotopic (exact) mass is 383 g/mol. The van der Waals surface area contributed by atoms with E-state index < -0.39 is 0 Å². The van der Waals surface area contributed by atoms with Gasteiger partial charge in [0, 0.05) is 17.3 Å². The van der Waals surface area contributed by atoms with Crippen LogP contribution in [-0.2, 0) is 11.2 Å². The number of carbonyl (C=O) groups is 1. The lowest BCUT2D eigenvalue weighted by atomic mass is 10.1. The Morgan fingerprint density at radius 2 is 2.07 bits per heavy atom. The Balaban J connectivity index is 1.49. The number of nitrogen functional groups attached to an aromatic ring is 1. The molecule has 138 valence electrons. The molecule has 27 heavy (non-hydrogen) atoms. The number of hydrogen-bond acceptors (Lipinski definition) is 5. The van der Waals surface area contributed by atoms with Crippen LogP contribution in [0.2, 0.25) is 0 Å². The summed E-state index contributed by atoms with van der Waals surface area (Å²) in [6.45, 7) is 2.04. The summed E-state index contributed by atoms with van der Waals surface area (Å²) in [6.07, 6.45) is 0.851. The minimum absolute atomic E-state index is 0.00671. The van der Waals surface area contributed by atoms with Crippen molar-refractivity contribution in [2.75, 3.05) is 16.5 Å². The largest absolute Gasteiger partial charge is 0.335 e. The van der Waals surface area contributed by atoms with E-state index in [0.717, 1.165) is 12.1 Å². The number of aromatic nitrogens is 3. The zero-order valence-electron chi connectivity index (χ0n) is 14.7. The Hall–Kier alpha value is -2.87. The van der Waals surface area contributed by atoms with Crippen molar-refractivity contribution in [3.63, 3.8) is 0 Å². The summed E-state index contributed by atoms with van der Waals surface area (Å²) in [5.41, 5.74) is 2.68. The summed E-state index contributed by atoms with van der Waals surface area (Å²) in [7, 11) is 0. The normalized spacial score (nSPS) is 15.8. The molecule has 1 amide bonds. The Labute approximate surface area is 160 Å². The van der Waals surface area contributed by atoms with Crippen molar-refractivity contribution in [1.82, 2.24) is 14.9 Å². The highest BCUT2D eigenvalue weighted by atomic mass is 32.2. The number of halogens is 1. The lowest BCUT2D eigenvalue weighted by Gasteiger charge is -2.22. The van der Waals surface area contributed by atoms with Crippen LogP contribution in [0.4, 0.5) is 10.1 Å². The van der Waals surface area contributed by atoms with Crippen LogP contribution in [0.1, 0.15) is 12.5 Å². The van der Waals surface area contributed by atoms with Gasteiger partial charge in [-0.2, -0.15) is 0 Å². The van der Waals surface area contributed by atoms with Crippen LogP contribution in [0.3, 0.4) is 0 Å². The second kappa shape index (κ2) is 7.03. The van der Waals surface area contributed by atoms with E-state index in [1.54, 1.807) is 12.1 Å². The van der Waals surface area contributed by atoms with E-state index in [9.17, 15) is 9.18 Å². The molecule has 0 aliphatic carbocycles. The van der Waals surface area contributed by atoms with Gasteiger partial charge in [0.15, 0.2) is 5.82 Å². The third-order valence-electron chi connectivity index (χ3n) is 4.55. The Morgan fingerprint density at radius 1 is 1.26 bits per heavy atom. The van der Waals surface area contributed by atoms with Gasteiger partial charge in [0.05, 0.1) is 5.75 Å². The number of amides is 1. The van der Waals surface area contributed by atoms with Gasteiger partial charge in [-0.25, -0.2) is 9.07 Å². The summed E-state index contributed by atoms with van der Waals surface area (Å²) in [6, 6.07) is 14.0. The first-order chi connectivity index (χ1) is 13.0. The van der Waals surface area contributed by atoms with Crippen molar-refractivity contribution in [3.8, 4) is 11.4 Å². The topological polar surface area (TPSA) is 77.0 Å². The van der Waals surface area contributed by atoms with Crippen LogP contribution < -0.4 is 10.7 Å². The molecular weight excluding hydrogens is 365 g/mol. The molecule has 0 fully saturated rings. The van der Waals surface area contributed by atoms with Crippen LogP contribution in [0.25, 0.3) is 11.4 Å². The molecule has 1 aromatic heterocycles. The Kier molecular flexibility index (Phi) is 4.57. The molecule has 6 nitrogen and oxygen atoms in total. The van der Waals surface area contributed by atoms with Gasteiger partial charge >= 0.3 is 0 Å². The standard InChI is InChI=1S/C19H18FN5OS/c1-12-9-13-5-2-3-8-16(13)24(12)17(26)11-27-19-23-22-18(25(19)21)14-6-4-7-15(20)10-14/h2-8,10,12H,9,11,21H2,1H3/t12-/m1/s1. The second-order valence-electron chi connectivity index (χ2n) is 6.42. The van der Waals surface area contributed by atoms with Gasteiger partial charge in [0.1, 0.15) is 5.82 Å². The molecule has 3 aromatic rings. The van der Waals surface area contributed by atoms with Gasteiger partial charge in [0.25, 0.3) is 0 Å². The average Bonchev–Trinajstić information content (AvgIpc) is 3.18. The zero-order valence-corrected chi connectivity index (χ0v) is 15.5. The Bertz CT molecular complexity index is 1010. The summed E-state index contributed by atoms with van der Waals surface area (Å²) >= 11 is 1.22. The molecule has 1 aliphatic heterocycles. The first-order valence-electron chi connectivity index (χ1n) is 8.54. The number of thioether (sulfide) groups is 1. The number of nitrogens with zero attached hydrogens (tertiary/aromatic N) is 4. The van der Waals surface area contributed by atoms with Gasteiger partial charge in [-0.1, -0.05) is 42.1 Å². The van der Waals surface area contributed by atoms with E-state index in [4.69, 9.17) is 5.84 Å². The molecule has 0 unspecified atom stereocenters. The van der Waals surface area contributed by atoms with Gasteiger partial charge < -0.3 is 10.7 Å². The fourth-order valence-electron chi connectivity index (χ4n) is 3.34. The lowest BCUT2D eigenvalue weighted by Crippen LogP contribution is -2.37. The first kappa shape index (κ1) is 17.5. The van der Waals surface area contributed by atoms with Gasteiger partial charge in [-0.05, 0) is 37.1 Å².